The quantitative estimate of drug-likeness (QED) is 0.881. The molecule has 6 nitrogen and oxygen atoms in total. The summed E-state index contributed by atoms with van der Waals surface area (Å²) in [5.74, 6) is -0.0115. The Kier molecular flexibility index (Phi) is 4.83. The molecular formula is C21H23FN4O2. The second kappa shape index (κ2) is 7.30. The molecule has 4 rings (SSSR count). The third kappa shape index (κ3) is 3.48. The van der Waals surface area contributed by atoms with Gasteiger partial charge in [0.15, 0.2) is 5.78 Å². The highest BCUT2D eigenvalue weighted by Gasteiger charge is 2.31. The van der Waals surface area contributed by atoms with Crippen molar-refractivity contribution in [2.45, 2.75) is 38.5 Å². The predicted molar refractivity (Wildman–Crippen MR) is 103 cm³/mol. The Balaban J connectivity index is 1.60. The van der Waals surface area contributed by atoms with E-state index in [0.717, 1.165) is 11.3 Å². The molecule has 1 amide bonds. The van der Waals surface area contributed by atoms with E-state index in [1.807, 2.05) is 6.92 Å². The van der Waals surface area contributed by atoms with Crippen molar-refractivity contribution in [1.29, 1.82) is 0 Å². The Morgan fingerprint density at radius 3 is 2.46 bits per heavy atom. The summed E-state index contributed by atoms with van der Waals surface area (Å²) >= 11 is 0. The van der Waals surface area contributed by atoms with E-state index >= 15 is 0 Å². The molecule has 2 aliphatic rings. The van der Waals surface area contributed by atoms with Crippen LogP contribution in [0.5, 0.6) is 0 Å². The number of primary amides is 1. The summed E-state index contributed by atoms with van der Waals surface area (Å²) in [7, 11) is 0. The Bertz CT molecular complexity index is 921. The molecule has 1 aliphatic heterocycles. The zero-order valence-corrected chi connectivity index (χ0v) is 15.8. The number of piperidine rings is 1. The number of rotatable bonds is 3. The number of amides is 1. The summed E-state index contributed by atoms with van der Waals surface area (Å²) < 4.78 is 13.2. The van der Waals surface area contributed by atoms with Crippen molar-refractivity contribution in [1.82, 2.24) is 9.97 Å². The molecule has 0 bridgehead atoms. The first-order valence-corrected chi connectivity index (χ1v) is 9.63. The lowest BCUT2D eigenvalue weighted by atomic mass is 9.81. The van der Waals surface area contributed by atoms with Crippen LogP contribution in [0.4, 0.5) is 10.3 Å². The van der Waals surface area contributed by atoms with Crippen LogP contribution in [0.1, 0.15) is 52.5 Å². The largest absolute Gasteiger partial charge is 0.369 e. The van der Waals surface area contributed by atoms with Gasteiger partial charge in [-0.2, -0.15) is 0 Å². The molecule has 1 atom stereocenters. The van der Waals surface area contributed by atoms with Gasteiger partial charge < -0.3 is 10.6 Å². The summed E-state index contributed by atoms with van der Waals surface area (Å²) in [6.45, 7) is 3.18. The molecule has 28 heavy (non-hydrogen) atoms. The van der Waals surface area contributed by atoms with Crippen molar-refractivity contribution < 1.29 is 14.0 Å². The summed E-state index contributed by atoms with van der Waals surface area (Å²) in [6, 6.07) is 6.33. The molecule has 1 aromatic heterocycles. The molecule has 146 valence electrons. The van der Waals surface area contributed by atoms with Crippen LogP contribution >= 0.6 is 0 Å². The Morgan fingerprint density at radius 1 is 1.14 bits per heavy atom. The lowest BCUT2D eigenvalue weighted by Gasteiger charge is -2.32. The molecule has 1 fully saturated rings. The van der Waals surface area contributed by atoms with Gasteiger partial charge >= 0.3 is 0 Å². The number of halogens is 1. The van der Waals surface area contributed by atoms with Gasteiger partial charge in [-0.3, -0.25) is 9.59 Å². The maximum atomic E-state index is 13.2. The van der Waals surface area contributed by atoms with E-state index in [2.05, 4.69) is 9.88 Å². The maximum Gasteiger partial charge on any atom is 0.225 e. The molecular weight excluding hydrogens is 359 g/mol. The third-order valence-electron chi connectivity index (χ3n) is 5.83. The van der Waals surface area contributed by atoms with Crippen molar-refractivity contribution >= 4 is 17.6 Å². The Hall–Kier alpha value is -2.83. The number of Topliss-reactive ketones (excluding diaryl/α,β-unsaturated/α-hetero) is 1. The van der Waals surface area contributed by atoms with E-state index in [-0.39, 0.29) is 29.3 Å². The van der Waals surface area contributed by atoms with Gasteiger partial charge in [0.2, 0.25) is 11.9 Å². The van der Waals surface area contributed by atoms with Gasteiger partial charge in [0.1, 0.15) is 5.82 Å². The Morgan fingerprint density at radius 2 is 1.82 bits per heavy atom. The SMILES string of the molecule is Cc1nc(N2CCC(C(N)=O)CC2)nc2c1C(=O)CC(c1ccc(F)cc1)C2. The van der Waals surface area contributed by atoms with Crippen LogP contribution < -0.4 is 10.6 Å². The third-order valence-corrected chi connectivity index (χ3v) is 5.83. The van der Waals surface area contributed by atoms with Crippen molar-refractivity contribution in [2.24, 2.45) is 11.7 Å². The second-order valence-electron chi connectivity index (χ2n) is 7.67. The minimum Gasteiger partial charge on any atom is -0.369 e. The molecule has 0 spiro atoms. The molecule has 2 heterocycles. The van der Waals surface area contributed by atoms with Crippen LogP contribution in [0.2, 0.25) is 0 Å². The number of anilines is 1. The zero-order valence-electron chi connectivity index (χ0n) is 15.8. The first-order chi connectivity index (χ1) is 13.4. The first-order valence-electron chi connectivity index (χ1n) is 9.63. The van der Waals surface area contributed by atoms with E-state index in [1.165, 1.54) is 12.1 Å². The van der Waals surface area contributed by atoms with Gasteiger partial charge in [-0.1, -0.05) is 12.1 Å². The summed E-state index contributed by atoms with van der Waals surface area (Å²) in [6.07, 6.45) is 2.38. The molecule has 0 radical (unpaired) electrons. The number of aryl methyl sites for hydroxylation is 1. The monoisotopic (exact) mass is 382 g/mol. The number of fused-ring (bicyclic) bond motifs is 1. The minimum absolute atomic E-state index is 0.0108. The first kappa shape index (κ1) is 18.5. The highest BCUT2D eigenvalue weighted by molar-refractivity contribution is 5.99. The fourth-order valence-electron chi connectivity index (χ4n) is 4.23. The normalized spacial score (nSPS) is 20.1. The number of ketones is 1. The lowest BCUT2D eigenvalue weighted by Crippen LogP contribution is -2.39. The van der Waals surface area contributed by atoms with Gasteiger partial charge in [-0.15, -0.1) is 0 Å². The van der Waals surface area contributed by atoms with Gasteiger partial charge in [-0.25, -0.2) is 14.4 Å². The van der Waals surface area contributed by atoms with Crippen LogP contribution in [0.15, 0.2) is 24.3 Å². The average Bonchev–Trinajstić information content (AvgIpc) is 2.68. The summed E-state index contributed by atoms with van der Waals surface area (Å²) in [5, 5.41) is 0. The fraction of sp³-hybridized carbons (Fsp3) is 0.429. The number of benzene rings is 1. The number of nitrogens with zero attached hydrogens (tertiary/aromatic N) is 3. The molecule has 1 unspecified atom stereocenters. The van der Waals surface area contributed by atoms with E-state index in [1.54, 1.807) is 12.1 Å². The van der Waals surface area contributed by atoms with Gasteiger partial charge in [0, 0.05) is 25.4 Å². The van der Waals surface area contributed by atoms with Crippen molar-refractivity contribution in [3.8, 4) is 0 Å². The Labute approximate surface area is 163 Å². The van der Waals surface area contributed by atoms with E-state index < -0.39 is 0 Å². The number of nitrogens with two attached hydrogens (primary N) is 1. The van der Waals surface area contributed by atoms with Crippen LogP contribution in [-0.2, 0) is 11.2 Å². The summed E-state index contributed by atoms with van der Waals surface area (Å²) in [5.41, 5.74) is 8.43. The molecule has 2 N–H and O–H groups in total. The van der Waals surface area contributed by atoms with Crippen LogP contribution in [0, 0.1) is 18.7 Å². The molecule has 1 saturated heterocycles. The topological polar surface area (TPSA) is 89.2 Å². The molecule has 2 aromatic rings. The average molecular weight is 382 g/mol. The predicted octanol–water partition coefficient (Wildman–Crippen LogP) is 2.54. The van der Waals surface area contributed by atoms with Gasteiger partial charge in [0.25, 0.3) is 0 Å². The second-order valence-corrected chi connectivity index (χ2v) is 7.67. The van der Waals surface area contributed by atoms with Crippen molar-refractivity contribution in [3.05, 3.63) is 52.6 Å². The molecule has 7 heteroatoms. The van der Waals surface area contributed by atoms with E-state index in [0.29, 0.717) is 56.0 Å². The maximum absolute atomic E-state index is 13.2. The minimum atomic E-state index is -0.286. The van der Waals surface area contributed by atoms with Gasteiger partial charge in [0.05, 0.1) is 17.0 Å². The highest BCUT2D eigenvalue weighted by atomic mass is 19.1. The zero-order chi connectivity index (χ0) is 19.8. The van der Waals surface area contributed by atoms with Crippen molar-refractivity contribution in [3.63, 3.8) is 0 Å². The van der Waals surface area contributed by atoms with Crippen molar-refractivity contribution in [2.75, 3.05) is 18.0 Å². The van der Waals surface area contributed by atoms with E-state index in [9.17, 15) is 14.0 Å². The molecule has 1 aliphatic carbocycles. The standard InChI is InChI=1S/C21H23FN4O2/c1-12-19-17(10-15(11-18(19)27)13-2-4-16(22)5-3-13)25-21(24-12)26-8-6-14(7-9-26)20(23)28/h2-5,14-15H,6-11H2,1H3,(H2,23,28). The fourth-order valence-corrected chi connectivity index (χ4v) is 4.23. The molecule has 0 saturated carbocycles. The number of carbonyl (C=O) groups is 2. The van der Waals surface area contributed by atoms with Crippen LogP contribution in [0.25, 0.3) is 0 Å². The summed E-state index contributed by atoms with van der Waals surface area (Å²) in [4.78, 5) is 35.5. The number of carbonyl (C=O) groups excluding carboxylic acids is 2. The van der Waals surface area contributed by atoms with Crippen LogP contribution in [0.3, 0.4) is 0 Å². The van der Waals surface area contributed by atoms with Gasteiger partial charge in [-0.05, 0) is 49.8 Å². The number of hydrogen-bond acceptors (Lipinski definition) is 5. The smallest absolute Gasteiger partial charge is 0.225 e. The molecule has 1 aromatic carbocycles. The number of aromatic nitrogens is 2. The number of hydrogen-bond donors (Lipinski definition) is 1. The highest BCUT2D eigenvalue weighted by Crippen LogP contribution is 2.34. The van der Waals surface area contributed by atoms with E-state index in [4.69, 9.17) is 10.7 Å². The lowest BCUT2D eigenvalue weighted by molar-refractivity contribution is -0.122. The van der Waals surface area contributed by atoms with Crippen LogP contribution in [-0.4, -0.2) is 34.7 Å².